The highest BCUT2D eigenvalue weighted by molar-refractivity contribution is 5.76. The first-order valence-corrected chi connectivity index (χ1v) is 6.89. The van der Waals surface area contributed by atoms with Gasteiger partial charge in [0.05, 0.1) is 5.69 Å². The maximum atomic E-state index is 11.4. The number of ketones is 1. The molecule has 2 heterocycles. The molecule has 1 aliphatic rings. The van der Waals surface area contributed by atoms with Crippen LogP contribution in [-0.2, 0) is 11.3 Å². The highest BCUT2D eigenvalue weighted by atomic mass is 16.1. The van der Waals surface area contributed by atoms with Gasteiger partial charge < -0.3 is 0 Å². The van der Waals surface area contributed by atoms with Crippen molar-refractivity contribution in [3.05, 3.63) is 30.1 Å². The molecule has 1 saturated heterocycles. The summed E-state index contributed by atoms with van der Waals surface area (Å²) in [5, 5.41) is 0. The summed E-state index contributed by atoms with van der Waals surface area (Å²) in [6.45, 7) is 3.66. The van der Waals surface area contributed by atoms with Crippen molar-refractivity contribution in [1.82, 2.24) is 9.88 Å². The van der Waals surface area contributed by atoms with Gasteiger partial charge in [0, 0.05) is 25.2 Å². The van der Waals surface area contributed by atoms with E-state index >= 15 is 0 Å². The number of aromatic nitrogens is 1. The van der Waals surface area contributed by atoms with Crippen LogP contribution in [0.2, 0.25) is 0 Å². The van der Waals surface area contributed by atoms with Crippen molar-refractivity contribution in [3.63, 3.8) is 0 Å². The summed E-state index contributed by atoms with van der Waals surface area (Å²) in [7, 11) is 0. The Morgan fingerprint density at radius 1 is 1.39 bits per heavy atom. The van der Waals surface area contributed by atoms with Crippen LogP contribution in [0.25, 0.3) is 0 Å². The van der Waals surface area contributed by atoms with E-state index in [9.17, 15) is 4.79 Å². The van der Waals surface area contributed by atoms with Gasteiger partial charge in [-0.1, -0.05) is 18.9 Å². The molecular weight excluding hydrogens is 224 g/mol. The molecule has 3 heteroatoms. The molecule has 0 amide bonds. The number of hydrogen-bond donors (Lipinski definition) is 0. The lowest BCUT2D eigenvalue weighted by atomic mass is 10.0. The van der Waals surface area contributed by atoms with Gasteiger partial charge in [-0.05, 0) is 38.4 Å². The lowest BCUT2D eigenvalue weighted by Gasteiger charge is -2.28. The van der Waals surface area contributed by atoms with Crippen LogP contribution < -0.4 is 0 Å². The fourth-order valence-electron chi connectivity index (χ4n) is 2.71. The predicted octanol–water partition coefficient (Wildman–Crippen LogP) is 2.81. The van der Waals surface area contributed by atoms with Crippen LogP contribution in [-0.4, -0.2) is 28.3 Å². The van der Waals surface area contributed by atoms with Crippen molar-refractivity contribution in [2.24, 2.45) is 0 Å². The Balaban J connectivity index is 2.03. The van der Waals surface area contributed by atoms with Gasteiger partial charge in [0.25, 0.3) is 0 Å². The first-order valence-electron chi connectivity index (χ1n) is 6.89. The van der Waals surface area contributed by atoms with Crippen molar-refractivity contribution < 1.29 is 4.79 Å². The molecule has 3 nitrogen and oxygen atoms in total. The van der Waals surface area contributed by atoms with Gasteiger partial charge in [-0.15, -0.1) is 0 Å². The van der Waals surface area contributed by atoms with Crippen LogP contribution in [0.15, 0.2) is 24.4 Å². The molecule has 2 rings (SSSR count). The van der Waals surface area contributed by atoms with E-state index in [0.29, 0.717) is 18.2 Å². The van der Waals surface area contributed by atoms with E-state index in [1.54, 1.807) is 6.92 Å². The van der Waals surface area contributed by atoms with E-state index in [4.69, 9.17) is 0 Å². The second-order valence-corrected chi connectivity index (χ2v) is 5.20. The van der Waals surface area contributed by atoms with Crippen molar-refractivity contribution in [1.29, 1.82) is 0 Å². The van der Waals surface area contributed by atoms with E-state index in [2.05, 4.69) is 16.0 Å². The first kappa shape index (κ1) is 13.2. The second kappa shape index (κ2) is 6.64. The van der Waals surface area contributed by atoms with Gasteiger partial charge in [0.1, 0.15) is 5.78 Å². The summed E-state index contributed by atoms with van der Waals surface area (Å²) in [5.41, 5.74) is 1.10. The average Bonchev–Trinajstić information content (AvgIpc) is 2.56. The third-order valence-corrected chi connectivity index (χ3v) is 3.61. The van der Waals surface area contributed by atoms with Crippen molar-refractivity contribution in [3.8, 4) is 0 Å². The van der Waals surface area contributed by atoms with Crippen LogP contribution in [0.1, 0.15) is 44.7 Å². The fraction of sp³-hybridized carbons (Fsp3) is 0.600. The zero-order valence-corrected chi connectivity index (χ0v) is 11.1. The highest BCUT2D eigenvalue weighted by Gasteiger charge is 2.22. The van der Waals surface area contributed by atoms with Gasteiger partial charge in [-0.2, -0.15) is 0 Å². The number of Topliss-reactive ketones (excluding diaryl/α,β-unsaturated/α-hetero) is 1. The van der Waals surface area contributed by atoms with Gasteiger partial charge in [0.2, 0.25) is 0 Å². The van der Waals surface area contributed by atoms with Crippen LogP contribution >= 0.6 is 0 Å². The minimum Gasteiger partial charge on any atom is -0.300 e. The molecule has 1 unspecified atom stereocenters. The van der Waals surface area contributed by atoms with Crippen molar-refractivity contribution >= 4 is 5.78 Å². The lowest BCUT2D eigenvalue weighted by molar-refractivity contribution is -0.118. The van der Waals surface area contributed by atoms with Crippen molar-refractivity contribution in [2.45, 2.75) is 51.6 Å². The summed E-state index contributed by atoms with van der Waals surface area (Å²) in [6.07, 6.45) is 7.44. The van der Waals surface area contributed by atoms with Crippen molar-refractivity contribution in [2.75, 3.05) is 6.54 Å². The number of pyridine rings is 1. The summed E-state index contributed by atoms with van der Waals surface area (Å²) in [6, 6.07) is 6.45. The Kier molecular flexibility index (Phi) is 4.88. The molecule has 0 aromatic carbocycles. The Bertz CT molecular complexity index is 377. The molecular formula is C15H22N2O. The number of rotatable bonds is 4. The molecule has 0 N–H and O–H groups in total. The van der Waals surface area contributed by atoms with E-state index in [0.717, 1.165) is 25.2 Å². The van der Waals surface area contributed by atoms with E-state index in [1.165, 1.54) is 19.3 Å². The quantitative estimate of drug-likeness (QED) is 0.819. The largest absolute Gasteiger partial charge is 0.300 e. The van der Waals surface area contributed by atoms with Gasteiger partial charge in [-0.25, -0.2) is 0 Å². The zero-order chi connectivity index (χ0) is 12.8. The minimum atomic E-state index is 0.299. The van der Waals surface area contributed by atoms with Crippen LogP contribution in [0.4, 0.5) is 0 Å². The summed E-state index contributed by atoms with van der Waals surface area (Å²) < 4.78 is 0. The topological polar surface area (TPSA) is 33.2 Å². The fourth-order valence-corrected chi connectivity index (χ4v) is 2.71. The Morgan fingerprint density at radius 3 is 3.00 bits per heavy atom. The summed E-state index contributed by atoms with van der Waals surface area (Å²) in [4.78, 5) is 18.2. The molecule has 0 radical (unpaired) electrons. The van der Waals surface area contributed by atoms with Gasteiger partial charge in [0.15, 0.2) is 0 Å². The molecule has 98 valence electrons. The predicted molar refractivity (Wildman–Crippen MR) is 72.2 cm³/mol. The molecule has 0 saturated carbocycles. The molecule has 1 aliphatic heterocycles. The highest BCUT2D eigenvalue weighted by Crippen LogP contribution is 2.21. The van der Waals surface area contributed by atoms with E-state index in [1.807, 2.05) is 18.3 Å². The van der Waals surface area contributed by atoms with E-state index in [-0.39, 0.29) is 0 Å². The lowest BCUT2D eigenvalue weighted by Crippen LogP contribution is -2.35. The maximum absolute atomic E-state index is 11.4. The summed E-state index contributed by atoms with van der Waals surface area (Å²) >= 11 is 0. The maximum Gasteiger partial charge on any atom is 0.131 e. The molecule has 0 bridgehead atoms. The van der Waals surface area contributed by atoms with Crippen LogP contribution in [0.3, 0.4) is 0 Å². The number of nitrogens with zero attached hydrogens (tertiary/aromatic N) is 2. The third-order valence-electron chi connectivity index (χ3n) is 3.61. The number of carbonyl (C=O) groups excluding carboxylic acids is 1. The molecule has 1 aromatic heterocycles. The van der Waals surface area contributed by atoms with E-state index < -0.39 is 0 Å². The second-order valence-electron chi connectivity index (χ2n) is 5.20. The van der Waals surface area contributed by atoms with Gasteiger partial charge >= 0.3 is 0 Å². The SMILES string of the molecule is CC(=O)CC1CCCCCN1Cc1ccccn1. The first-order chi connectivity index (χ1) is 8.75. The van der Waals surface area contributed by atoms with Crippen LogP contribution in [0, 0.1) is 0 Å². The monoisotopic (exact) mass is 246 g/mol. The van der Waals surface area contributed by atoms with Crippen LogP contribution in [0.5, 0.6) is 0 Å². The molecule has 0 aliphatic carbocycles. The smallest absolute Gasteiger partial charge is 0.131 e. The third kappa shape index (κ3) is 3.91. The number of carbonyl (C=O) groups is 1. The molecule has 0 spiro atoms. The molecule has 18 heavy (non-hydrogen) atoms. The Hall–Kier alpha value is -1.22. The standard InChI is InChI=1S/C15H22N2O/c1-13(18)11-15-8-3-2-6-10-17(15)12-14-7-4-5-9-16-14/h4-5,7,9,15H,2-3,6,8,10-12H2,1H3. The number of likely N-dealkylation sites (tertiary alicyclic amines) is 1. The Labute approximate surface area is 109 Å². The Morgan fingerprint density at radius 2 is 2.28 bits per heavy atom. The number of hydrogen-bond acceptors (Lipinski definition) is 3. The average molecular weight is 246 g/mol. The molecule has 1 aromatic rings. The molecule has 1 fully saturated rings. The summed E-state index contributed by atoms with van der Waals surface area (Å²) in [5.74, 6) is 0.299. The zero-order valence-electron chi connectivity index (χ0n) is 11.1. The van der Waals surface area contributed by atoms with Gasteiger partial charge in [-0.3, -0.25) is 14.7 Å². The minimum absolute atomic E-state index is 0.299. The normalized spacial score (nSPS) is 21.5. The molecule has 1 atom stereocenters.